The fourth-order valence-corrected chi connectivity index (χ4v) is 2.09. The zero-order valence-corrected chi connectivity index (χ0v) is 11.8. The van der Waals surface area contributed by atoms with Gasteiger partial charge >= 0.3 is 0 Å². The van der Waals surface area contributed by atoms with Gasteiger partial charge in [0, 0.05) is 12.2 Å². The number of rotatable bonds is 4. The molecule has 0 bridgehead atoms. The highest BCUT2D eigenvalue weighted by atomic mass is 16.3. The van der Waals surface area contributed by atoms with Crippen LogP contribution in [0.5, 0.6) is 5.75 Å². The summed E-state index contributed by atoms with van der Waals surface area (Å²) in [7, 11) is 0. The molecular weight excluding hydrogens is 264 g/mol. The number of phenols is 1. The summed E-state index contributed by atoms with van der Waals surface area (Å²) >= 11 is 0. The van der Waals surface area contributed by atoms with Crippen LogP contribution in [0.25, 0.3) is 0 Å². The summed E-state index contributed by atoms with van der Waals surface area (Å²) in [4.78, 5) is 14.2. The van der Waals surface area contributed by atoms with E-state index in [0.29, 0.717) is 11.3 Å². The van der Waals surface area contributed by atoms with Gasteiger partial charge in [-0.3, -0.25) is 4.79 Å². The summed E-state index contributed by atoms with van der Waals surface area (Å²) < 4.78 is 0. The van der Waals surface area contributed by atoms with E-state index in [9.17, 15) is 9.90 Å². The van der Waals surface area contributed by atoms with Crippen LogP contribution >= 0.6 is 0 Å². The summed E-state index contributed by atoms with van der Waals surface area (Å²) in [6.07, 6.45) is 0.229. The fourth-order valence-electron chi connectivity index (χ4n) is 2.09. The number of aromatic hydroxyl groups is 1. The second-order valence-corrected chi connectivity index (χ2v) is 4.67. The van der Waals surface area contributed by atoms with E-state index in [-0.39, 0.29) is 30.2 Å². The third-order valence-electron chi connectivity index (χ3n) is 3.23. The molecule has 2 rings (SSSR count). The van der Waals surface area contributed by atoms with Crippen LogP contribution in [0.1, 0.15) is 22.3 Å². The van der Waals surface area contributed by atoms with Crippen molar-refractivity contribution in [1.29, 1.82) is 5.26 Å². The molecule has 21 heavy (non-hydrogen) atoms. The number of nitriles is 1. The lowest BCUT2D eigenvalue weighted by atomic mass is 10.1. The number of aryl methyl sites for hydroxylation is 1. The molecule has 1 N–H and O–H groups in total. The topological polar surface area (TPSA) is 64.3 Å². The van der Waals surface area contributed by atoms with Gasteiger partial charge in [-0.15, -0.1) is 0 Å². The molecule has 1 amide bonds. The first-order valence-electron chi connectivity index (χ1n) is 6.67. The van der Waals surface area contributed by atoms with Gasteiger partial charge in [-0.1, -0.05) is 30.3 Å². The first-order valence-corrected chi connectivity index (χ1v) is 6.67. The van der Waals surface area contributed by atoms with Crippen LogP contribution in [0.2, 0.25) is 0 Å². The summed E-state index contributed by atoms with van der Waals surface area (Å²) in [6, 6.07) is 16.3. The van der Waals surface area contributed by atoms with Crippen LogP contribution in [0.3, 0.4) is 0 Å². The fraction of sp³-hybridized carbons (Fsp3) is 0.176. The van der Waals surface area contributed by atoms with Gasteiger partial charge in [-0.25, -0.2) is 0 Å². The minimum absolute atomic E-state index is 0.0135. The molecule has 0 spiro atoms. The largest absolute Gasteiger partial charge is 0.507 e. The maximum Gasteiger partial charge on any atom is 0.262 e. The Balaban J connectivity index is 2.39. The summed E-state index contributed by atoms with van der Waals surface area (Å²) in [5.74, 6) is -0.321. The number of amides is 1. The quantitative estimate of drug-likeness (QED) is 0.934. The van der Waals surface area contributed by atoms with Crippen molar-refractivity contribution in [1.82, 2.24) is 0 Å². The molecule has 0 saturated carbocycles. The second kappa shape index (κ2) is 6.58. The lowest BCUT2D eigenvalue weighted by molar-refractivity contribution is 0.0985. The van der Waals surface area contributed by atoms with Crippen molar-refractivity contribution in [3.8, 4) is 11.8 Å². The minimum atomic E-state index is -0.308. The van der Waals surface area contributed by atoms with Crippen molar-refractivity contribution in [2.75, 3.05) is 11.4 Å². The van der Waals surface area contributed by atoms with Crippen molar-refractivity contribution in [3.63, 3.8) is 0 Å². The number of carbonyl (C=O) groups is 1. The average Bonchev–Trinajstić information content (AvgIpc) is 2.51. The number of hydrogen-bond donors (Lipinski definition) is 1. The van der Waals surface area contributed by atoms with Crippen LogP contribution in [0.4, 0.5) is 5.69 Å². The molecule has 4 nitrogen and oxygen atoms in total. The average molecular weight is 280 g/mol. The van der Waals surface area contributed by atoms with E-state index >= 15 is 0 Å². The number of phenolic OH excluding ortho intramolecular Hbond substituents is 1. The van der Waals surface area contributed by atoms with Crippen LogP contribution in [-0.4, -0.2) is 17.6 Å². The van der Waals surface area contributed by atoms with E-state index in [0.717, 1.165) is 0 Å². The number of para-hydroxylation sites is 2. The van der Waals surface area contributed by atoms with Gasteiger partial charge in [0.05, 0.1) is 18.1 Å². The molecule has 0 aliphatic carbocycles. The molecule has 0 aliphatic rings. The van der Waals surface area contributed by atoms with Crippen molar-refractivity contribution >= 4 is 11.6 Å². The Hall–Kier alpha value is -2.80. The van der Waals surface area contributed by atoms with E-state index < -0.39 is 0 Å². The van der Waals surface area contributed by atoms with Crippen LogP contribution < -0.4 is 4.90 Å². The smallest absolute Gasteiger partial charge is 0.262 e. The van der Waals surface area contributed by atoms with Gasteiger partial charge in [-0.05, 0) is 30.7 Å². The van der Waals surface area contributed by atoms with E-state index in [2.05, 4.69) is 0 Å². The highest BCUT2D eigenvalue weighted by Crippen LogP contribution is 2.25. The Morgan fingerprint density at radius 2 is 1.90 bits per heavy atom. The number of anilines is 1. The molecule has 0 aromatic heterocycles. The maximum atomic E-state index is 12.7. The Morgan fingerprint density at radius 1 is 1.19 bits per heavy atom. The normalized spacial score (nSPS) is 9.90. The Kier molecular flexibility index (Phi) is 4.57. The SMILES string of the molecule is Cc1cccc(C(=O)N(CCC#N)c2ccccc2)c1O. The Morgan fingerprint density at radius 3 is 2.57 bits per heavy atom. The van der Waals surface area contributed by atoms with Gasteiger partial charge in [0.25, 0.3) is 5.91 Å². The first kappa shape index (κ1) is 14.6. The predicted molar refractivity (Wildman–Crippen MR) is 81.2 cm³/mol. The first-order chi connectivity index (χ1) is 10.1. The molecule has 0 radical (unpaired) electrons. The summed E-state index contributed by atoms with van der Waals surface area (Å²) in [5.41, 5.74) is 1.60. The monoisotopic (exact) mass is 280 g/mol. The van der Waals surface area contributed by atoms with Gasteiger partial charge in [-0.2, -0.15) is 5.26 Å². The van der Waals surface area contributed by atoms with E-state index in [1.165, 1.54) is 4.90 Å². The van der Waals surface area contributed by atoms with Crippen molar-refractivity contribution < 1.29 is 9.90 Å². The highest BCUT2D eigenvalue weighted by Gasteiger charge is 2.20. The zero-order chi connectivity index (χ0) is 15.2. The van der Waals surface area contributed by atoms with Gasteiger partial charge in [0.2, 0.25) is 0 Å². The third kappa shape index (κ3) is 3.21. The number of nitrogens with zero attached hydrogens (tertiary/aromatic N) is 2. The molecule has 0 fully saturated rings. The summed E-state index contributed by atoms with van der Waals surface area (Å²) in [5, 5.41) is 18.9. The number of benzene rings is 2. The molecule has 0 aliphatic heterocycles. The van der Waals surface area contributed by atoms with E-state index in [4.69, 9.17) is 5.26 Å². The highest BCUT2D eigenvalue weighted by molar-refractivity contribution is 6.08. The van der Waals surface area contributed by atoms with Gasteiger partial charge in [0.1, 0.15) is 5.75 Å². The number of hydrogen-bond acceptors (Lipinski definition) is 3. The Labute approximate surface area is 123 Å². The van der Waals surface area contributed by atoms with Crippen molar-refractivity contribution in [2.24, 2.45) is 0 Å². The molecule has 4 heteroatoms. The summed E-state index contributed by atoms with van der Waals surface area (Å²) in [6.45, 7) is 2.03. The lowest BCUT2D eigenvalue weighted by Crippen LogP contribution is -2.31. The van der Waals surface area contributed by atoms with Crippen LogP contribution in [-0.2, 0) is 0 Å². The second-order valence-electron chi connectivity index (χ2n) is 4.67. The third-order valence-corrected chi connectivity index (χ3v) is 3.23. The van der Waals surface area contributed by atoms with Crippen molar-refractivity contribution in [3.05, 3.63) is 59.7 Å². The molecule has 0 unspecified atom stereocenters. The maximum absolute atomic E-state index is 12.7. The van der Waals surface area contributed by atoms with Crippen LogP contribution in [0, 0.1) is 18.3 Å². The van der Waals surface area contributed by atoms with Crippen molar-refractivity contribution in [2.45, 2.75) is 13.3 Å². The standard InChI is InChI=1S/C17H16N2O2/c1-13-7-5-10-15(16(13)20)17(21)19(12-6-11-18)14-8-3-2-4-9-14/h2-5,7-10,20H,6,12H2,1H3. The molecule has 2 aromatic carbocycles. The molecule has 0 heterocycles. The molecule has 106 valence electrons. The predicted octanol–water partition coefficient (Wildman–Crippen LogP) is 3.26. The molecular formula is C17H16N2O2. The minimum Gasteiger partial charge on any atom is -0.507 e. The molecule has 0 saturated heterocycles. The van der Waals surface area contributed by atoms with E-state index in [1.54, 1.807) is 25.1 Å². The zero-order valence-electron chi connectivity index (χ0n) is 11.8. The van der Waals surface area contributed by atoms with E-state index in [1.807, 2.05) is 36.4 Å². The molecule has 0 atom stereocenters. The molecule has 2 aromatic rings. The van der Waals surface area contributed by atoms with Crippen LogP contribution in [0.15, 0.2) is 48.5 Å². The number of carbonyl (C=O) groups excluding carboxylic acids is 1. The van der Waals surface area contributed by atoms with Gasteiger partial charge < -0.3 is 10.0 Å². The lowest BCUT2D eigenvalue weighted by Gasteiger charge is -2.22. The van der Waals surface area contributed by atoms with Gasteiger partial charge in [0.15, 0.2) is 0 Å². The Bertz CT molecular complexity index is 675.